The number of Topliss-reactive ketones (excluding diaryl/α,β-unsaturated/α-hetero) is 1. The highest BCUT2D eigenvalue weighted by molar-refractivity contribution is 6.51. The lowest BCUT2D eigenvalue weighted by atomic mass is 9.96. The summed E-state index contributed by atoms with van der Waals surface area (Å²) in [6, 6.07) is 11.5. The monoisotopic (exact) mass is 450 g/mol. The maximum absolute atomic E-state index is 14.0. The van der Waals surface area contributed by atoms with Gasteiger partial charge in [-0.2, -0.15) is 0 Å². The third-order valence-corrected chi connectivity index (χ3v) is 5.11. The minimum absolute atomic E-state index is 0.0270. The summed E-state index contributed by atoms with van der Waals surface area (Å²) in [6.07, 6.45) is 2.84. The van der Waals surface area contributed by atoms with Crippen LogP contribution in [-0.4, -0.2) is 27.9 Å². The predicted octanol–water partition coefficient (Wildman–Crippen LogP) is 4.77. The molecular weight excluding hydrogens is 430 g/mol. The third kappa shape index (κ3) is 4.19. The number of aliphatic hydroxyl groups is 1. The van der Waals surface area contributed by atoms with Crippen LogP contribution in [0.1, 0.15) is 31.0 Å². The number of rotatable bonds is 5. The van der Waals surface area contributed by atoms with Crippen LogP contribution in [0.4, 0.5) is 14.5 Å². The summed E-state index contributed by atoms with van der Waals surface area (Å²) in [4.78, 5) is 31.2. The molecule has 1 saturated heterocycles. The minimum atomic E-state index is -1.17. The average molecular weight is 450 g/mol. The number of aliphatic hydroxyl groups excluding tert-OH is 1. The van der Waals surface area contributed by atoms with Gasteiger partial charge in [0.1, 0.15) is 11.5 Å². The molecule has 0 spiro atoms. The highest BCUT2D eigenvalue weighted by atomic mass is 19.2. The summed E-state index contributed by atoms with van der Waals surface area (Å²) in [5.41, 5.74) is 0.461. The Hall–Kier alpha value is -4.07. The second kappa shape index (κ2) is 8.82. The summed E-state index contributed by atoms with van der Waals surface area (Å²) < 4.78 is 33.1. The lowest BCUT2D eigenvalue weighted by Crippen LogP contribution is -2.29. The van der Waals surface area contributed by atoms with Crippen molar-refractivity contribution in [2.24, 2.45) is 0 Å². The van der Waals surface area contributed by atoms with Crippen LogP contribution in [-0.2, 0) is 9.59 Å². The fraction of sp³-hybridized carbons (Fsp3) is 0.160. The number of hydrogen-bond donors (Lipinski definition) is 1. The molecule has 1 aliphatic rings. The van der Waals surface area contributed by atoms with Crippen molar-refractivity contribution in [3.05, 3.63) is 95.3 Å². The number of hydrogen-bond acceptors (Lipinski definition) is 5. The first-order chi connectivity index (χ1) is 15.8. The van der Waals surface area contributed by atoms with Gasteiger partial charge in [0.05, 0.1) is 17.7 Å². The molecule has 1 unspecified atom stereocenters. The molecule has 2 aromatic carbocycles. The van der Waals surface area contributed by atoms with Gasteiger partial charge in [0, 0.05) is 29.7 Å². The number of aromatic nitrogens is 1. The molecular formula is C25H20F2N2O4. The van der Waals surface area contributed by atoms with Crippen LogP contribution in [0.25, 0.3) is 5.76 Å². The molecule has 1 N–H and O–H groups in total. The van der Waals surface area contributed by atoms with Crippen molar-refractivity contribution in [3.8, 4) is 5.75 Å². The molecule has 1 aromatic heterocycles. The molecule has 1 atom stereocenters. The maximum atomic E-state index is 14.0. The Morgan fingerprint density at radius 1 is 1.06 bits per heavy atom. The molecule has 4 rings (SSSR count). The van der Waals surface area contributed by atoms with Gasteiger partial charge in [0.15, 0.2) is 11.6 Å². The average Bonchev–Trinajstić information content (AvgIpc) is 3.06. The molecule has 8 heteroatoms. The van der Waals surface area contributed by atoms with Gasteiger partial charge in [-0.1, -0.05) is 18.2 Å². The van der Waals surface area contributed by atoms with E-state index in [1.807, 2.05) is 13.8 Å². The molecule has 1 aliphatic heterocycles. The smallest absolute Gasteiger partial charge is 0.300 e. The number of amides is 1. The maximum Gasteiger partial charge on any atom is 0.300 e. The zero-order valence-electron chi connectivity index (χ0n) is 17.8. The van der Waals surface area contributed by atoms with Gasteiger partial charge >= 0.3 is 0 Å². The van der Waals surface area contributed by atoms with E-state index in [-0.39, 0.29) is 22.9 Å². The van der Waals surface area contributed by atoms with Crippen molar-refractivity contribution in [2.75, 3.05) is 4.90 Å². The van der Waals surface area contributed by atoms with Crippen molar-refractivity contribution < 1.29 is 28.2 Å². The highest BCUT2D eigenvalue weighted by Gasteiger charge is 2.47. The van der Waals surface area contributed by atoms with E-state index in [9.17, 15) is 23.5 Å². The molecule has 0 aliphatic carbocycles. The fourth-order valence-electron chi connectivity index (χ4n) is 3.73. The van der Waals surface area contributed by atoms with Gasteiger partial charge in [0.2, 0.25) is 0 Å². The first kappa shape index (κ1) is 22.1. The number of ketones is 1. The van der Waals surface area contributed by atoms with Gasteiger partial charge in [-0.15, -0.1) is 0 Å². The molecule has 0 bridgehead atoms. The summed E-state index contributed by atoms with van der Waals surface area (Å²) in [6.45, 7) is 3.70. The quantitative estimate of drug-likeness (QED) is 0.344. The van der Waals surface area contributed by atoms with E-state index in [4.69, 9.17) is 4.74 Å². The van der Waals surface area contributed by atoms with Crippen molar-refractivity contribution in [1.82, 2.24) is 4.98 Å². The molecule has 2 heterocycles. The standard InChI is InChI=1S/C25H20F2N2O4/c1-14(2)33-18-7-3-5-15(11-18)23(30)21-22(16-6-4-10-28-13-16)29(25(32)24(21)31)17-8-9-19(26)20(27)12-17/h3-14,22,30H,1-2H3/b23-21+. The number of carbonyl (C=O) groups excluding carboxylic acids is 2. The third-order valence-electron chi connectivity index (χ3n) is 5.11. The Morgan fingerprint density at radius 2 is 1.85 bits per heavy atom. The van der Waals surface area contributed by atoms with Crippen LogP contribution >= 0.6 is 0 Å². The van der Waals surface area contributed by atoms with Crippen molar-refractivity contribution in [3.63, 3.8) is 0 Å². The predicted molar refractivity (Wildman–Crippen MR) is 118 cm³/mol. The highest BCUT2D eigenvalue weighted by Crippen LogP contribution is 2.42. The van der Waals surface area contributed by atoms with Gasteiger partial charge in [-0.3, -0.25) is 19.5 Å². The number of anilines is 1. The summed E-state index contributed by atoms with van der Waals surface area (Å²) in [5.74, 6) is -4.14. The lowest BCUT2D eigenvalue weighted by molar-refractivity contribution is -0.132. The molecule has 33 heavy (non-hydrogen) atoms. The van der Waals surface area contributed by atoms with Crippen LogP contribution < -0.4 is 9.64 Å². The summed E-state index contributed by atoms with van der Waals surface area (Å²) >= 11 is 0. The minimum Gasteiger partial charge on any atom is -0.507 e. The van der Waals surface area contributed by atoms with Gasteiger partial charge < -0.3 is 9.84 Å². The van der Waals surface area contributed by atoms with Gasteiger partial charge in [0.25, 0.3) is 11.7 Å². The SMILES string of the molecule is CC(C)Oc1cccc(/C(O)=C2\C(=O)C(=O)N(c3ccc(F)c(F)c3)C2c2cccnc2)c1. The van der Waals surface area contributed by atoms with E-state index in [2.05, 4.69) is 4.98 Å². The summed E-state index contributed by atoms with van der Waals surface area (Å²) in [5, 5.41) is 11.1. The first-order valence-electron chi connectivity index (χ1n) is 10.2. The Balaban J connectivity index is 1.90. The van der Waals surface area contributed by atoms with Crippen LogP contribution in [0, 0.1) is 11.6 Å². The van der Waals surface area contributed by atoms with Crippen LogP contribution in [0.5, 0.6) is 5.75 Å². The zero-order valence-corrected chi connectivity index (χ0v) is 17.8. The van der Waals surface area contributed by atoms with Gasteiger partial charge in [-0.25, -0.2) is 8.78 Å². The Bertz CT molecular complexity index is 1260. The van der Waals surface area contributed by atoms with Crippen LogP contribution in [0.2, 0.25) is 0 Å². The van der Waals surface area contributed by atoms with E-state index in [1.54, 1.807) is 36.4 Å². The zero-order chi connectivity index (χ0) is 23.7. The second-order valence-electron chi connectivity index (χ2n) is 7.75. The second-order valence-corrected chi connectivity index (χ2v) is 7.75. The Labute approximate surface area is 188 Å². The topological polar surface area (TPSA) is 79.7 Å². The molecule has 6 nitrogen and oxygen atoms in total. The normalized spacial score (nSPS) is 17.6. The van der Waals surface area contributed by atoms with E-state index in [1.165, 1.54) is 18.5 Å². The Kier molecular flexibility index (Phi) is 5.91. The van der Waals surface area contributed by atoms with Crippen molar-refractivity contribution in [2.45, 2.75) is 26.0 Å². The fourth-order valence-corrected chi connectivity index (χ4v) is 3.73. The lowest BCUT2D eigenvalue weighted by Gasteiger charge is -2.25. The molecule has 0 radical (unpaired) electrons. The molecule has 1 amide bonds. The molecule has 1 fully saturated rings. The number of carbonyl (C=O) groups is 2. The number of ether oxygens (including phenoxy) is 1. The molecule has 168 valence electrons. The van der Waals surface area contributed by atoms with Crippen LogP contribution in [0.3, 0.4) is 0 Å². The number of nitrogens with zero attached hydrogens (tertiary/aromatic N) is 2. The molecule has 0 saturated carbocycles. The van der Waals surface area contributed by atoms with Crippen molar-refractivity contribution in [1.29, 1.82) is 0 Å². The molecule has 3 aromatic rings. The summed E-state index contributed by atoms with van der Waals surface area (Å²) in [7, 11) is 0. The van der Waals surface area contributed by atoms with Crippen molar-refractivity contribution >= 4 is 23.1 Å². The first-order valence-corrected chi connectivity index (χ1v) is 10.2. The van der Waals surface area contributed by atoms with Crippen LogP contribution in [0.15, 0.2) is 72.6 Å². The van der Waals surface area contributed by atoms with E-state index in [0.717, 1.165) is 17.0 Å². The Morgan fingerprint density at radius 3 is 2.52 bits per heavy atom. The number of benzene rings is 2. The number of pyridine rings is 1. The van der Waals surface area contributed by atoms with E-state index < -0.39 is 35.1 Å². The largest absolute Gasteiger partial charge is 0.507 e. The van der Waals surface area contributed by atoms with E-state index in [0.29, 0.717) is 11.3 Å². The van der Waals surface area contributed by atoms with E-state index >= 15 is 0 Å². The number of halogens is 2. The van der Waals surface area contributed by atoms with Gasteiger partial charge in [-0.05, 0) is 49.7 Å².